The maximum Gasteiger partial charge on any atom is 0.267 e. The second kappa shape index (κ2) is 6.70. The number of aromatic nitrogens is 1. The number of methoxy groups -OCH3 is 1. The molecule has 23 heavy (non-hydrogen) atoms. The number of rotatable bonds is 4. The van der Waals surface area contributed by atoms with E-state index in [1.54, 1.807) is 19.2 Å². The number of nitrogens with one attached hydrogen (secondary N) is 1. The van der Waals surface area contributed by atoms with E-state index in [2.05, 4.69) is 10.3 Å². The van der Waals surface area contributed by atoms with Gasteiger partial charge < -0.3 is 4.74 Å². The molecule has 0 spiro atoms. The summed E-state index contributed by atoms with van der Waals surface area (Å²) in [6.07, 6.45) is 0. The Morgan fingerprint density at radius 3 is 2.78 bits per heavy atom. The molecule has 0 aliphatic carbocycles. The minimum absolute atomic E-state index is 0.142. The summed E-state index contributed by atoms with van der Waals surface area (Å²) in [5, 5.41) is 5.79. The molecule has 0 aliphatic heterocycles. The molecule has 1 aromatic carbocycles. The van der Waals surface area contributed by atoms with Gasteiger partial charge in [-0.05, 0) is 37.3 Å². The lowest BCUT2D eigenvalue weighted by molar-refractivity contribution is 0.103. The van der Waals surface area contributed by atoms with E-state index in [1.807, 2.05) is 30.5 Å². The van der Waals surface area contributed by atoms with E-state index >= 15 is 0 Å². The van der Waals surface area contributed by atoms with Gasteiger partial charge in [0.25, 0.3) is 5.91 Å². The van der Waals surface area contributed by atoms with Crippen molar-refractivity contribution >= 4 is 45.3 Å². The Morgan fingerprint density at radius 2 is 2.13 bits per heavy atom. The number of carbonyl (C=O) groups is 1. The van der Waals surface area contributed by atoms with Crippen LogP contribution in [0.2, 0.25) is 5.02 Å². The molecular formula is C16H13ClN2O2S2. The first-order valence-electron chi connectivity index (χ1n) is 6.74. The standard InChI is InChI=1S/C16H13ClN2O2S2/c1-9-3-6-14(23-9)15(20)19-16-18-12(8-22-16)10-4-5-13(21-2)11(17)7-10/h3-8H,1-2H3,(H,18,19,20). The van der Waals surface area contributed by atoms with Crippen LogP contribution in [-0.2, 0) is 0 Å². The summed E-state index contributed by atoms with van der Waals surface area (Å²) in [6, 6.07) is 9.21. The van der Waals surface area contributed by atoms with Crippen molar-refractivity contribution in [3.63, 3.8) is 0 Å². The Bertz CT molecular complexity index is 857. The van der Waals surface area contributed by atoms with Crippen LogP contribution in [0.3, 0.4) is 0 Å². The minimum atomic E-state index is -0.142. The van der Waals surface area contributed by atoms with Gasteiger partial charge in [0.2, 0.25) is 0 Å². The van der Waals surface area contributed by atoms with Crippen LogP contribution in [0.1, 0.15) is 14.5 Å². The van der Waals surface area contributed by atoms with Crippen molar-refractivity contribution in [2.75, 3.05) is 12.4 Å². The lowest BCUT2D eigenvalue weighted by Gasteiger charge is -2.04. The number of thiophene rings is 1. The van der Waals surface area contributed by atoms with E-state index in [9.17, 15) is 4.79 Å². The Balaban J connectivity index is 1.78. The summed E-state index contributed by atoms with van der Waals surface area (Å²) in [5.74, 6) is 0.476. The second-order valence-corrected chi connectivity index (χ2v) is 7.30. The number of halogens is 1. The van der Waals surface area contributed by atoms with Gasteiger partial charge in [-0.3, -0.25) is 10.1 Å². The van der Waals surface area contributed by atoms with Crippen LogP contribution in [0.25, 0.3) is 11.3 Å². The number of nitrogens with zero attached hydrogens (tertiary/aromatic N) is 1. The fourth-order valence-corrected chi connectivity index (χ4v) is 3.74. The molecule has 118 valence electrons. The normalized spacial score (nSPS) is 10.6. The van der Waals surface area contributed by atoms with E-state index in [0.717, 1.165) is 16.1 Å². The van der Waals surface area contributed by atoms with Crippen molar-refractivity contribution in [2.24, 2.45) is 0 Å². The lowest BCUT2D eigenvalue weighted by atomic mass is 10.2. The van der Waals surface area contributed by atoms with Gasteiger partial charge in [-0.25, -0.2) is 4.98 Å². The molecule has 2 heterocycles. The largest absolute Gasteiger partial charge is 0.495 e. The third-order valence-corrected chi connectivity index (χ3v) is 5.19. The van der Waals surface area contributed by atoms with Crippen molar-refractivity contribution < 1.29 is 9.53 Å². The molecule has 0 radical (unpaired) electrons. The fourth-order valence-electron chi connectivity index (χ4n) is 2.00. The predicted octanol–water partition coefficient (Wildman–Crippen LogP) is 5.09. The number of anilines is 1. The summed E-state index contributed by atoms with van der Waals surface area (Å²) >= 11 is 8.97. The molecule has 0 aliphatic rings. The summed E-state index contributed by atoms with van der Waals surface area (Å²) in [7, 11) is 1.57. The molecule has 4 nitrogen and oxygen atoms in total. The molecule has 0 saturated heterocycles. The van der Waals surface area contributed by atoms with Crippen LogP contribution in [0.4, 0.5) is 5.13 Å². The van der Waals surface area contributed by atoms with E-state index < -0.39 is 0 Å². The van der Waals surface area contributed by atoms with Crippen LogP contribution < -0.4 is 10.1 Å². The Kier molecular flexibility index (Phi) is 4.66. The molecule has 2 aromatic heterocycles. The molecule has 3 aromatic rings. The molecule has 1 amide bonds. The highest BCUT2D eigenvalue weighted by molar-refractivity contribution is 7.15. The molecule has 3 rings (SSSR count). The first-order chi connectivity index (χ1) is 11.1. The number of thiazole rings is 1. The number of carbonyl (C=O) groups excluding carboxylic acids is 1. The molecule has 0 bridgehead atoms. The Labute approximate surface area is 146 Å². The first-order valence-corrected chi connectivity index (χ1v) is 8.81. The van der Waals surface area contributed by atoms with Crippen LogP contribution in [0.15, 0.2) is 35.7 Å². The maximum absolute atomic E-state index is 12.1. The van der Waals surface area contributed by atoms with Crippen molar-refractivity contribution in [3.05, 3.63) is 50.5 Å². The number of hydrogen-bond acceptors (Lipinski definition) is 5. The number of hydrogen-bond donors (Lipinski definition) is 1. The highest BCUT2D eigenvalue weighted by atomic mass is 35.5. The minimum Gasteiger partial charge on any atom is -0.495 e. The molecule has 0 fully saturated rings. The summed E-state index contributed by atoms with van der Waals surface area (Å²) in [4.78, 5) is 18.4. The maximum atomic E-state index is 12.1. The van der Waals surface area contributed by atoms with Gasteiger partial charge in [-0.15, -0.1) is 22.7 Å². The second-order valence-electron chi connectivity index (χ2n) is 4.75. The average Bonchev–Trinajstić information content (AvgIpc) is 3.16. The van der Waals surface area contributed by atoms with Crippen molar-refractivity contribution in [1.82, 2.24) is 4.98 Å². The smallest absolute Gasteiger partial charge is 0.267 e. The van der Waals surface area contributed by atoms with Crippen LogP contribution >= 0.6 is 34.3 Å². The highest BCUT2D eigenvalue weighted by Gasteiger charge is 2.12. The summed E-state index contributed by atoms with van der Waals surface area (Å²) < 4.78 is 5.14. The van der Waals surface area contributed by atoms with Gasteiger partial charge in [-0.1, -0.05) is 11.6 Å². The third-order valence-electron chi connectivity index (χ3n) is 3.14. The molecule has 0 atom stereocenters. The van der Waals surface area contributed by atoms with Crippen LogP contribution in [0.5, 0.6) is 5.75 Å². The monoisotopic (exact) mass is 364 g/mol. The van der Waals surface area contributed by atoms with Gasteiger partial charge >= 0.3 is 0 Å². The molecule has 0 unspecified atom stereocenters. The number of amides is 1. The Hall–Kier alpha value is -1.89. The van der Waals surface area contributed by atoms with Crippen molar-refractivity contribution in [1.29, 1.82) is 0 Å². The van der Waals surface area contributed by atoms with Gasteiger partial charge in [0.1, 0.15) is 5.75 Å². The zero-order valence-electron chi connectivity index (χ0n) is 12.4. The van der Waals surface area contributed by atoms with Gasteiger partial charge in [0.15, 0.2) is 5.13 Å². The Morgan fingerprint density at radius 1 is 1.30 bits per heavy atom. The molecular weight excluding hydrogens is 352 g/mol. The molecule has 1 N–H and O–H groups in total. The third kappa shape index (κ3) is 3.55. The molecule has 0 saturated carbocycles. The summed E-state index contributed by atoms with van der Waals surface area (Å²) in [6.45, 7) is 1.97. The SMILES string of the molecule is COc1ccc(-c2csc(NC(=O)c3ccc(C)s3)n2)cc1Cl. The van der Waals surface area contributed by atoms with Gasteiger partial charge in [0.05, 0.1) is 22.7 Å². The predicted molar refractivity (Wildman–Crippen MR) is 96.1 cm³/mol. The number of benzene rings is 1. The van der Waals surface area contributed by atoms with Gasteiger partial charge in [0, 0.05) is 15.8 Å². The average molecular weight is 365 g/mol. The van der Waals surface area contributed by atoms with E-state index in [1.165, 1.54) is 22.7 Å². The van der Waals surface area contributed by atoms with E-state index in [-0.39, 0.29) is 5.91 Å². The number of ether oxygens (including phenoxy) is 1. The van der Waals surface area contributed by atoms with Gasteiger partial charge in [-0.2, -0.15) is 0 Å². The van der Waals surface area contributed by atoms with Crippen molar-refractivity contribution in [3.8, 4) is 17.0 Å². The first kappa shape index (κ1) is 16.0. The van der Waals surface area contributed by atoms with E-state index in [4.69, 9.17) is 16.3 Å². The zero-order valence-corrected chi connectivity index (χ0v) is 14.8. The van der Waals surface area contributed by atoms with Crippen LogP contribution in [-0.4, -0.2) is 18.0 Å². The zero-order chi connectivity index (χ0) is 16.4. The topological polar surface area (TPSA) is 51.2 Å². The van der Waals surface area contributed by atoms with E-state index in [0.29, 0.717) is 20.8 Å². The lowest BCUT2D eigenvalue weighted by Crippen LogP contribution is -2.09. The quantitative estimate of drug-likeness (QED) is 0.701. The highest BCUT2D eigenvalue weighted by Crippen LogP contribution is 2.32. The summed E-state index contributed by atoms with van der Waals surface area (Å²) in [5.41, 5.74) is 1.64. The van der Waals surface area contributed by atoms with Crippen molar-refractivity contribution in [2.45, 2.75) is 6.92 Å². The van der Waals surface area contributed by atoms with Crippen LogP contribution in [0, 0.1) is 6.92 Å². The fraction of sp³-hybridized carbons (Fsp3) is 0.125. The molecule has 7 heteroatoms. The number of aryl methyl sites for hydroxylation is 1.